The van der Waals surface area contributed by atoms with Crippen LogP contribution in [0.5, 0.6) is 5.75 Å². The molecule has 0 aliphatic carbocycles. The van der Waals surface area contributed by atoms with Crippen LogP contribution in [0.25, 0.3) is 11.0 Å². The molecule has 0 spiro atoms. The van der Waals surface area contributed by atoms with Gasteiger partial charge in [0.25, 0.3) is 0 Å². The summed E-state index contributed by atoms with van der Waals surface area (Å²) in [4.78, 5) is 34.7. The van der Waals surface area contributed by atoms with E-state index >= 15 is 0 Å². The van der Waals surface area contributed by atoms with Gasteiger partial charge in [0.2, 0.25) is 11.8 Å². The highest BCUT2D eigenvalue weighted by Crippen LogP contribution is 2.19. The number of H-pyrrole nitrogens is 1. The minimum Gasteiger partial charge on any atom is -0.497 e. The van der Waals surface area contributed by atoms with Crippen LogP contribution < -0.4 is 10.1 Å². The van der Waals surface area contributed by atoms with Crippen molar-refractivity contribution in [3.63, 3.8) is 0 Å². The molecular weight excluding hydrogens is 392 g/mol. The molecule has 0 saturated carbocycles. The molecule has 4 rings (SSSR count). The van der Waals surface area contributed by atoms with Gasteiger partial charge in [-0.15, -0.1) is 0 Å². The summed E-state index contributed by atoms with van der Waals surface area (Å²) in [5.74, 6) is 1.75. The highest BCUT2D eigenvalue weighted by atomic mass is 16.5. The molecule has 2 amide bonds. The smallest absolute Gasteiger partial charge is 0.224 e. The van der Waals surface area contributed by atoms with E-state index in [1.807, 2.05) is 54.3 Å². The number of carbonyl (C=O) groups is 2. The van der Waals surface area contributed by atoms with Crippen molar-refractivity contribution in [2.24, 2.45) is 0 Å². The maximum atomic E-state index is 12.6. The Labute approximate surface area is 181 Å². The fourth-order valence-corrected chi connectivity index (χ4v) is 4.10. The van der Waals surface area contributed by atoms with Crippen molar-refractivity contribution in [1.82, 2.24) is 20.2 Å². The number of benzene rings is 2. The molecule has 162 valence electrons. The maximum Gasteiger partial charge on any atom is 0.224 e. The Morgan fingerprint density at radius 3 is 2.94 bits per heavy atom. The van der Waals surface area contributed by atoms with E-state index in [0.717, 1.165) is 40.2 Å². The third-order valence-corrected chi connectivity index (χ3v) is 5.71. The average Bonchev–Trinajstić information content (AvgIpc) is 3.04. The van der Waals surface area contributed by atoms with Crippen molar-refractivity contribution in [3.05, 3.63) is 59.4 Å². The van der Waals surface area contributed by atoms with Crippen LogP contribution in [0.3, 0.4) is 0 Å². The maximum absolute atomic E-state index is 12.6. The number of hydrogen-bond donors (Lipinski definition) is 2. The Hall–Kier alpha value is -3.35. The number of nitrogens with one attached hydrogen (secondary N) is 2. The van der Waals surface area contributed by atoms with Crippen LogP contribution in [0, 0.1) is 6.92 Å². The quantitative estimate of drug-likeness (QED) is 0.641. The third-order valence-electron chi connectivity index (χ3n) is 5.71. The average molecular weight is 421 g/mol. The predicted molar refractivity (Wildman–Crippen MR) is 119 cm³/mol. The lowest BCUT2D eigenvalue weighted by Crippen LogP contribution is -2.36. The largest absolute Gasteiger partial charge is 0.497 e. The molecule has 0 bridgehead atoms. The van der Waals surface area contributed by atoms with E-state index < -0.39 is 0 Å². The minimum atomic E-state index is -0.0192. The topological polar surface area (TPSA) is 87.3 Å². The number of hydrogen-bond acceptors (Lipinski definition) is 4. The summed E-state index contributed by atoms with van der Waals surface area (Å²) in [6.45, 7) is 3.10. The lowest BCUT2D eigenvalue weighted by molar-refractivity contribution is -0.131. The number of likely N-dealkylation sites (tertiary alicyclic amines) is 1. The first-order valence-corrected chi connectivity index (χ1v) is 10.7. The van der Waals surface area contributed by atoms with E-state index in [0.29, 0.717) is 32.4 Å². The van der Waals surface area contributed by atoms with Gasteiger partial charge in [0.05, 0.1) is 24.6 Å². The second kappa shape index (κ2) is 9.20. The molecule has 1 atom stereocenters. The van der Waals surface area contributed by atoms with Crippen molar-refractivity contribution < 1.29 is 14.3 Å². The van der Waals surface area contributed by atoms with Gasteiger partial charge in [-0.3, -0.25) is 9.59 Å². The summed E-state index contributed by atoms with van der Waals surface area (Å²) in [5.41, 5.74) is 3.83. The van der Waals surface area contributed by atoms with Crippen LogP contribution in [0.15, 0.2) is 42.5 Å². The number of carbonyl (C=O) groups excluding carboxylic acids is 2. The van der Waals surface area contributed by atoms with Gasteiger partial charge in [0.15, 0.2) is 0 Å². The van der Waals surface area contributed by atoms with E-state index in [-0.39, 0.29) is 17.9 Å². The Balaban J connectivity index is 1.33. The predicted octanol–water partition coefficient (Wildman–Crippen LogP) is 3.12. The minimum absolute atomic E-state index is 0.00453. The number of fused-ring (bicyclic) bond motifs is 1. The number of aromatic nitrogens is 2. The van der Waals surface area contributed by atoms with Crippen molar-refractivity contribution in [1.29, 1.82) is 0 Å². The van der Waals surface area contributed by atoms with Crippen molar-refractivity contribution in [2.45, 2.75) is 45.2 Å². The van der Waals surface area contributed by atoms with Crippen molar-refractivity contribution >= 4 is 22.8 Å². The van der Waals surface area contributed by atoms with Crippen LogP contribution in [0.4, 0.5) is 0 Å². The number of methoxy groups -OCH3 is 1. The summed E-state index contributed by atoms with van der Waals surface area (Å²) < 4.78 is 5.27. The van der Waals surface area contributed by atoms with Crippen LogP contribution in [-0.4, -0.2) is 46.4 Å². The molecule has 7 nitrogen and oxygen atoms in total. The van der Waals surface area contributed by atoms with Crippen LogP contribution in [0.1, 0.15) is 36.2 Å². The molecule has 1 aromatic heterocycles. The second-order valence-electron chi connectivity index (χ2n) is 8.11. The SMILES string of the molecule is COc1cccc(CN2CCC(NC(=O)Cc3ccc4nc(C)[nH]c4c3)CCC2=O)c1. The molecule has 1 aliphatic rings. The molecule has 1 aliphatic heterocycles. The summed E-state index contributed by atoms with van der Waals surface area (Å²) >= 11 is 0. The van der Waals surface area contributed by atoms with Crippen LogP contribution in [-0.2, 0) is 22.6 Å². The monoisotopic (exact) mass is 420 g/mol. The van der Waals surface area contributed by atoms with E-state index in [4.69, 9.17) is 4.74 Å². The fraction of sp³-hybridized carbons (Fsp3) is 0.375. The number of ether oxygens (including phenoxy) is 1. The highest BCUT2D eigenvalue weighted by molar-refractivity contribution is 5.82. The first-order valence-electron chi connectivity index (χ1n) is 10.7. The zero-order valence-corrected chi connectivity index (χ0v) is 18.0. The van der Waals surface area contributed by atoms with Gasteiger partial charge in [0.1, 0.15) is 11.6 Å². The number of aromatic amines is 1. The molecule has 0 radical (unpaired) electrons. The molecular formula is C24H28N4O3. The zero-order valence-electron chi connectivity index (χ0n) is 18.0. The zero-order chi connectivity index (χ0) is 21.8. The molecule has 1 saturated heterocycles. The Morgan fingerprint density at radius 2 is 2.10 bits per heavy atom. The first-order chi connectivity index (χ1) is 15.0. The second-order valence-corrected chi connectivity index (χ2v) is 8.11. The summed E-state index contributed by atoms with van der Waals surface area (Å²) in [7, 11) is 1.64. The van der Waals surface area contributed by atoms with Crippen molar-refractivity contribution in [3.8, 4) is 5.75 Å². The molecule has 31 heavy (non-hydrogen) atoms. The van der Waals surface area contributed by atoms with E-state index in [1.54, 1.807) is 7.11 Å². The van der Waals surface area contributed by atoms with Crippen molar-refractivity contribution in [2.75, 3.05) is 13.7 Å². The van der Waals surface area contributed by atoms with E-state index in [1.165, 1.54) is 0 Å². The number of aryl methyl sites for hydroxylation is 1. The lowest BCUT2D eigenvalue weighted by Gasteiger charge is -2.21. The van der Waals surface area contributed by atoms with Gasteiger partial charge in [-0.1, -0.05) is 18.2 Å². The molecule has 1 unspecified atom stereocenters. The Bertz CT molecular complexity index is 1090. The summed E-state index contributed by atoms with van der Waals surface area (Å²) in [5, 5.41) is 3.12. The normalized spacial score (nSPS) is 16.9. The van der Waals surface area contributed by atoms with Gasteiger partial charge in [0, 0.05) is 25.6 Å². The number of nitrogens with zero attached hydrogens (tertiary/aromatic N) is 2. The van der Waals surface area contributed by atoms with Crippen LogP contribution in [0.2, 0.25) is 0 Å². The van der Waals surface area contributed by atoms with E-state index in [9.17, 15) is 9.59 Å². The summed E-state index contributed by atoms with van der Waals surface area (Å²) in [6, 6.07) is 13.6. The first kappa shape index (κ1) is 20.9. The highest BCUT2D eigenvalue weighted by Gasteiger charge is 2.23. The molecule has 2 N–H and O–H groups in total. The van der Waals surface area contributed by atoms with Gasteiger partial charge in [-0.2, -0.15) is 0 Å². The van der Waals surface area contributed by atoms with Gasteiger partial charge >= 0.3 is 0 Å². The fourth-order valence-electron chi connectivity index (χ4n) is 4.10. The molecule has 2 aromatic carbocycles. The van der Waals surface area contributed by atoms with Gasteiger partial charge in [-0.05, 0) is 55.2 Å². The van der Waals surface area contributed by atoms with Gasteiger partial charge < -0.3 is 19.9 Å². The van der Waals surface area contributed by atoms with Crippen LogP contribution >= 0.6 is 0 Å². The molecule has 7 heteroatoms. The molecule has 1 fully saturated rings. The molecule has 3 aromatic rings. The Kier molecular flexibility index (Phi) is 6.21. The molecule has 2 heterocycles. The Morgan fingerprint density at radius 1 is 1.23 bits per heavy atom. The number of rotatable bonds is 6. The number of imidazole rings is 1. The number of amides is 2. The van der Waals surface area contributed by atoms with Gasteiger partial charge in [-0.25, -0.2) is 4.98 Å². The third kappa shape index (κ3) is 5.23. The van der Waals surface area contributed by atoms with E-state index in [2.05, 4.69) is 15.3 Å². The standard InChI is InChI=1S/C24H28N4O3/c1-16-25-21-8-6-17(13-22(21)26-16)14-23(29)27-19-7-9-24(30)28(11-10-19)15-18-4-3-5-20(12-18)31-2/h3-6,8,12-13,19H,7,9-11,14-15H2,1-2H3,(H,25,26)(H,27,29). The summed E-state index contributed by atoms with van der Waals surface area (Å²) in [6.07, 6.45) is 2.17. The lowest BCUT2D eigenvalue weighted by atomic mass is 10.1.